The van der Waals surface area contributed by atoms with Gasteiger partial charge in [-0.25, -0.2) is 14.8 Å². The Hall–Kier alpha value is -2.43. The van der Waals surface area contributed by atoms with E-state index in [4.69, 9.17) is 9.47 Å². The summed E-state index contributed by atoms with van der Waals surface area (Å²) in [5.41, 5.74) is 2.26. The summed E-state index contributed by atoms with van der Waals surface area (Å²) < 4.78 is 12.9. The number of aromatic nitrogens is 4. The quantitative estimate of drug-likeness (QED) is 0.423. The molecule has 1 aliphatic heterocycles. The Kier molecular flexibility index (Phi) is 5.10. The molecule has 1 aliphatic rings. The summed E-state index contributed by atoms with van der Waals surface area (Å²) in [6.07, 6.45) is 3.46. The number of halogens is 1. The largest absolute Gasteiger partial charge is 0.471 e. The number of carbonyl (C=O) groups is 1. The molecule has 0 spiro atoms. The van der Waals surface area contributed by atoms with Crippen molar-refractivity contribution in [2.45, 2.75) is 23.1 Å². The smallest absolute Gasteiger partial charge is 0.411 e. The van der Waals surface area contributed by atoms with Crippen LogP contribution in [-0.2, 0) is 11.3 Å². The van der Waals surface area contributed by atoms with Gasteiger partial charge in [-0.05, 0) is 12.0 Å². The van der Waals surface area contributed by atoms with Crippen molar-refractivity contribution in [2.75, 3.05) is 13.7 Å². The van der Waals surface area contributed by atoms with Gasteiger partial charge in [-0.2, -0.15) is 4.98 Å². The maximum Gasteiger partial charge on any atom is 0.411 e. The number of amides is 1. The molecule has 0 N–H and O–H groups in total. The van der Waals surface area contributed by atoms with Gasteiger partial charge >= 0.3 is 6.09 Å². The minimum absolute atomic E-state index is 0.208. The van der Waals surface area contributed by atoms with Gasteiger partial charge in [0, 0.05) is 6.54 Å². The van der Waals surface area contributed by atoms with E-state index in [0.29, 0.717) is 30.2 Å². The highest BCUT2D eigenvalue weighted by atomic mass is 127. The molecule has 140 valence electrons. The molecule has 4 rings (SSSR count). The molecule has 0 bridgehead atoms. The Morgan fingerprint density at radius 3 is 2.85 bits per heavy atom. The lowest BCUT2D eigenvalue weighted by Crippen LogP contribution is -2.35. The first-order chi connectivity index (χ1) is 13.2. The molecule has 1 amide bonds. The Bertz CT molecular complexity index is 949. The van der Waals surface area contributed by atoms with Gasteiger partial charge in [0.2, 0.25) is 5.88 Å². The number of ether oxygens (including phenoxy) is 2. The van der Waals surface area contributed by atoms with Crippen LogP contribution in [0.5, 0.6) is 5.88 Å². The average molecular weight is 479 g/mol. The fraction of sp³-hybridized carbons (Fsp3) is 0.333. The Balaban J connectivity index is 1.65. The summed E-state index contributed by atoms with van der Waals surface area (Å²) in [7, 11) is 1.39. The zero-order valence-corrected chi connectivity index (χ0v) is 16.8. The molecule has 3 aromatic rings. The fourth-order valence-corrected chi connectivity index (χ4v) is 4.25. The molecular formula is C18H18IN5O3. The second-order valence-electron chi connectivity index (χ2n) is 6.16. The van der Waals surface area contributed by atoms with Crippen molar-refractivity contribution in [2.24, 2.45) is 0 Å². The number of nitrogens with zero attached hydrogens (tertiary/aromatic N) is 5. The van der Waals surface area contributed by atoms with E-state index in [-0.39, 0.29) is 16.2 Å². The second-order valence-corrected chi connectivity index (χ2v) is 7.76. The van der Waals surface area contributed by atoms with Crippen molar-refractivity contribution in [3.63, 3.8) is 0 Å². The topological polar surface area (TPSA) is 82.4 Å². The average Bonchev–Trinajstić information content (AvgIpc) is 3.30. The third kappa shape index (κ3) is 3.43. The highest BCUT2D eigenvalue weighted by Crippen LogP contribution is 2.36. The zero-order chi connectivity index (χ0) is 18.8. The lowest BCUT2D eigenvalue weighted by atomic mass is 10.2. The molecule has 0 aliphatic carbocycles. The standard InChI is InChI=1S/C18H18IN5O3/c1-26-18(25)23-8-7-13(19)17(23)24-11-22-14-15(24)20-10-21-16(14)27-9-12-5-3-2-4-6-12/h2-6,10-11,13,17H,7-9H2,1H3/t13-,17+/m0/s1. The van der Waals surface area contributed by atoms with Gasteiger partial charge in [-0.1, -0.05) is 52.9 Å². The van der Waals surface area contributed by atoms with Crippen molar-refractivity contribution in [1.29, 1.82) is 0 Å². The van der Waals surface area contributed by atoms with Crippen LogP contribution in [0.1, 0.15) is 18.2 Å². The number of imidazole rings is 1. The van der Waals surface area contributed by atoms with Crippen LogP contribution in [0.25, 0.3) is 11.2 Å². The van der Waals surface area contributed by atoms with Gasteiger partial charge in [0.1, 0.15) is 19.1 Å². The SMILES string of the molecule is COC(=O)N1CC[C@H](I)[C@H]1n1cnc2c(OCc3ccccc3)ncnc21. The van der Waals surface area contributed by atoms with Crippen LogP contribution in [0.3, 0.4) is 0 Å². The summed E-state index contributed by atoms with van der Waals surface area (Å²) >= 11 is 2.35. The van der Waals surface area contributed by atoms with E-state index in [2.05, 4.69) is 37.5 Å². The van der Waals surface area contributed by atoms with Gasteiger partial charge in [-0.3, -0.25) is 9.47 Å². The van der Waals surface area contributed by atoms with E-state index in [0.717, 1.165) is 12.0 Å². The predicted octanol–water partition coefficient (Wildman–Crippen LogP) is 3.18. The number of hydrogen-bond acceptors (Lipinski definition) is 6. The van der Waals surface area contributed by atoms with Crippen molar-refractivity contribution in [3.8, 4) is 5.88 Å². The van der Waals surface area contributed by atoms with Crippen molar-refractivity contribution < 1.29 is 14.3 Å². The molecule has 9 heteroatoms. The predicted molar refractivity (Wildman–Crippen MR) is 107 cm³/mol. The minimum atomic E-state index is -0.351. The molecule has 0 saturated carbocycles. The lowest BCUT2D eigenvalue weighted by Gasteiger charge is -2.26. The lowest BCUT2D eigenvalue weighted by molar-refractivity contribution is 0.107. The molecule has 1 aromatic carbocycles. The number of likely N-dealkylation sites (tertiary alicyclic amines) is 1. The fourth-order valence-electron chi connectivity index (χ4n) is 3.24. The summed E-state index contributed by atoms with van der Waals surface area (Å²) in [5.74, 6) is 0.426. The number of alkyl halides is 1. The Morgan fingerprint density at radius 2 is 2.07 bits per heavy atom. The Morgan fingerprint density at radius 1 is 1.26 bits per heavy atom. The monoisotopic (exact) mass is 479 g/mol. The molecule has 2 aromatic heterocycles. The third-order valence-corrected chi connectivity index (χ3v) is 5.79. The van der Waals surface area contributed by atoms with Crippen LogP contribution in [0.2, 0.25) is 0 Å². The van der Waals surface area contributed by atoms with E-state index in [9.17, 15) is 4.79 Å². The summed E-state index contributed by atoms with van der Waals surface area (Å²) in [4.78, 5) is 26.9. The number of fused-ring (bicyclic) bond motifs is 1. The second kappa shape index (κ2) is 7.67. The normalized spacial score (nSPS) is 19.4. The van der Waals surface area contributed by atoms with Crippen LogP contribution in [0.4, 0.5) is 4.79 Å². The molecule has 0 unspecified atom stereocenters. The van der Waals surface area contributed by atoms with E-state index in [1.54, 1.807) is 11.2 Å². The van der Waals surface area contributed by atoms with Crippen LogP contribution in [0.15, 0.2) is 43.0 Å². The van der Waals surface area contributed by atoms with Crippen molar-refractivity contribution in [1.82, 2.24) is 24.4 Å². The van der Waals surface area contributed by atoms with Gasteiger partial charge in [0.15, 0.2) is 11.2 Å². The Labute approximate surface area is 169 Å². The number of rotatable bonds is 4. The molecule has 1 saturated heterocycles. The van der Waals surface area contributed by atoms with Crippen molar-refractivity contribution >= 4 is 39.8 Å². The first kappa shape index (κ1) is 18.0. The summed E-state index contributed by atoms with van der Waals surface area (Å²) in [5, 5.41) is 0. The van der Waals surface area contributed by atoms with Crippen LogP contribution in [0, 0.1) is 0 Å². The highest BCUT2D eigenvalue weighted by Gasteiger charge is 2.38. The molecule has 3 heterocycles. The van der Waals surface area contributed by atoms with E-state index in [1.807, 2.05) is 34.9 Å². The van der Waals surface area contributed by atoms with Crippen LogP contribution < -0.4 is 4.74 Å². The molecule has 27 heavy (non-hydrogen) atoms. The molecule has 0 radical (unpaired) electrons. The minimum Gasteiger partial charge on any atom is -0.471 e. The first-order valence-electron chi connectivity index (χ1n) is 8.52. The van der Waals surface area contributed by atoms with E-state index in [1.165, 1.54) is 13.4 Å². The molecule has 8 nitrogen and oxygen atoms in total. The maximum absolute atomic E-state index is 12.1. The molecule has 2 atom stereocenters. The van der Waals surface area contributed by atoms with Gasteiger partial charge in [0.25, 0.3) is 0 Å². The summed E-state index contributed by atoms with van der Waals surface area (Å²) in [6.45, 7) is 1.03. The summed E-state index contributed by atoms with van der Waals surface area (Å²) in [6, 6.07) is 9.87. The zero-order valence-electron chi connectivity index (χ0n) is 14.7. The molecule has 1 fully saturated rings. The number of benzene rings is 1. The first-order valence-corrected chi connectivity index (χ1v) is 9.76. The number of hydrogen-bond donors (Lipinski definition) is 0. The highest BCUT2D eigenvalue weighted by molar-refractivity contribution is 14.1. The number of methoxy groups -OCH3 is 1. The van der Waals surface area contributed by atoms with E-state index < -0.39 is 0 Å². The van der Waals surface area contributed by atoms with Crippen LogP contribution >= 0.6 is 22.6 Å². The number of carbonyl (C=O) groups excluding carboxylic acids is 1. The van der Waals surface area contributed by atoms with E-state index >= 15 is 0 Å². The van der Waals surface area contributed by atoms with Gasteiger partial charge in [0.05, 0.1) is 17.4 Å². The van der Waals surface area contributed by atoms with Crippen molar-refractivity contribution in [3.05, 3.63) is 48.5 Å². The van der Waals surface area contributed by atoms with Gasteiger partial charge < -0.3 is 9.47 Å². The maximum atomic E-state index is 12.1. The third-order valence-electron chi connectivity index (χ3n) is 4.53. The van der Waals surface area contributed by atoms with Gasteiger partial charge in [-0.15, -0.1) is 0 Å². The molecular weight excluding hydrogens is 461 g/mol. The van der Waals surface area contributed by atoms with Crippen LogP contribution in [-0.4, -0.2) is 48.1 Å².